The fraction of sp³-hybridized carbons (Fsp3) is 0.368. The van der Waals surface area contributed by atoms with Gasteiger partial charge in [0.15, 0.2) is 5.78 Å². The Morgan fingerprint density at radius 2 is 1.92 bits per heavy atom. The molecule has 1 amide bonds. The van der Waals surface area contributed by atoms with Crippen LogP contribution in [-0.4, -0.2) is 29.7 Å². The smallest absolute Gasteiger partial charge is 0.222 e. The lowest BCUT2D eigenvalue weighted by molar-refractivity contribution is -0.132. The molecule has 0 saturated carbocycles. The first-order chi connectivity index (χ1) is 12.0. The maximum absolute atomic E-state index is 13.8. The Kier molecular flexibility index (Phi) is 5.58. The molecular weight excluding hydrogens is 344 g/mol. The summed E-state index contributed by atoms with van der Waals surface area (Å²) >= 11 is 1.63. The van der Waals surface area contributed by atoms with Crippen molar-refractivity contribution in [3.8, 4) is 0 Å². The number of benzene rings is 1. The Morgan fingerprint density at radius 1 is 1.16 bits per heavy atom. The molecule has 2 heterocycles. The van der Waals surface area contributed by atoms with Gasteiger partial charge in [-0.2, -0.15) is 0 Å². The molecule has 1 aliphatic rings. The summed E-state index contributed by atoms with van der Waals surface area (Å²) in [5.41, 5.74) is -0.192. The number of nitrogens with zero attached hydrogens (tertiary/aromatic N) is 1. The molecule has 132 valence electrons. The van der Waals surface area contributed by atoms with Crippen molar-refractivity contribution in [1.82, 2.24) is 4.90 Å². The van der Waals surface area contributed by atoms with Crippen LogP contribution in [0.4, 0.5) is 8.78 Å². The molecule has 6 heteroatoms. The Balaban J connectivity index is 1.53. The van der Waals surface area contributed by atoms with Gasteiger partial charge in [-0.25, -0.2) is 8.78 Å². The van der Waals surface area contributed by atoms with Gasteiger partial charge in [0.1, 0.15) is 11.6 Å². The summed E-state index contributed by atoms with van der Waals surface area (Å²) in [5, 5.41) is 1.99. The van der Waals surface area contributed by atoms with E-state index in [0.717, 1.165) is 24.6 Å². The van der Waals surface area contributed by atoms with E-state index in [1.807, 2.05) is 17.5 Å². The van der Waals surface area contributed by atoms with Crippen molar-refractivity contribution < 1.29 is 18.4 Å². The van der Waals surface area contributed by atoms with Crippen LogP contribution in [0.25, 0.3) is 0 Å². The predicted molar refractivity (Wildman–Crippen MR) is 92.6 cm³/mol. The van der Waals surface area contributed by atoms with E-state index in [0.29, 0.717) is 32.4 Å². The van der Waals surface area contributed by atoms with Gasteiger partial charge < -0.3 is 4.90 Å². The van der Waals surface area contributed by atoms with Crippen LogP contribution in [0.5, 0.6) is 0 Å². The highest BCUT2D eigenvalue weighted by molar-refractivity contribution is 7.09. The first-order valence-electron chi connectivity index (χ1n) is 8.34. The standard InChI is InChI=1S/C19H19F2NO2S/c20-14-3-5-17(21)16(12-14)19(24)13-7-9-22(10-8-13)18(23)6-4-15-2-1-11-25-15/h1-3,5,11-13H,4,6-10H2. The molecular formula is C19H19F2NO2S. The molecule has 1 saturated heterocycles. The van der Waals surface area contributed by atoms with Gasteiger partial charge in [-0.1, -0.05) is 6.07 Å². The van der Waals surface area contributed by atoms with Gasteiger partial charge in [-0.05, 0) is 48.9 Å². The van der Waals surface area contributed by atoms with Crippen molar-refractivity contribution in [2.24, 2.45) is 5.92 Å². The first-order valence-corrected chi connectivity index (χ1v) is 9.22. The number of carbonyl (C=O) groups excluding carboxylic acids is 2. The van der Waals surface area contributed by atoms with Crippen LogP contribution in [-0.2, 0) is 11.2 Å². The molecule has 0 radical (unpaired) electrons. The maximum atomic E-state index is 13.8. The first kappa shape index (κ1) is 17.7. The number of likely N-dealkylation sites (tertiary alicyclic amines) is 1. The van der Waals surface area contributed by atoms with Crippen LogP contribution >= 0.6 is 11.3 Å². The summed E-state index contributed by atoms with van der Waals surface area (Å²) in [6.45, 7) is 0.966. The van der Waals surface area contributed by atoms with Gasteiger partial charge in [0.05, 0.1) is 5.56 Å². The number of thiophene rings is 1. The van der Waals surface area contributed by atoms with Crippen molar-refractivity contribution in [2.75, 3.05) is 13.1 Å². The SMILES string of the molecule is O=C(c1cc(F)ccc1F)C1CCN(C(=O)CCc2cccs2)CC1. The Labute approximate surface area is 149 Å². The third kappa shape index (κ3) is 4.31. The number of carbonyl (C=O) groups is 2. The zero-order valence-corrected chi connectivity index (χ0v) is 14.5. The van der Waals surface area contributed by atoms with Crippen LogP contribution in [0.3, 0.4) is 0 Å². The Bertz CT molecular complexity index is 753. The van der Waals surface area contributed by atoms with Crippen LogP contribution < -0.4 is 0 Å². The summed E-state index contributed by atoms with van der Waals surface area (Å²) in [7, 11) is 0. The van der Waals surface area contributed by atoms with Gasteiger partial charge in [0.25, 0.3) is 0 Å². The quantitative estimate of drug-likeness (QED) is 0.751. The summed E-state index contributed by atoms with van der Waals surface area (Å²) < 4.78 is 27.0. The summed E-state index contributed by atoms with van der Waals surface area (Å²) in [6.07, 6.45) is 2.15. The van der Waals surface area contributed by atoms with Gasteiger partial charge in [0.2, 0.25) is 5.91 Å². The molecule has 0 N–H and O–H groups in total. The van der Waals surface area contributed by atoms with E-state index < -0.39 is 11.6 Å². The zero-order valence-electron chi connectivity index (χ0n) is 13.7. The van der Waals surface area contributed by atoms with Crippen LogP contribution in [0.15, 0.2) is 35.7 Å². The highest BCUT2D eigenvalue weighted by Gasteiger charge is 2.29. The summed E-state index contributed by atoms with van der Waals surface area (Å²) in [6, 6.07) is 6.91. The van der Waals surface area contributed by atoms with Crippen molar-refractivity contribution in [1.29, 1.82) is 0 Å². The van der Waals surface area contributed by atoms with E-state index >= 15 is 0 Å². The number of hydrogen-bond donors (Lipinski definition) is 0. The third-order valence-corrected chi connectivity index (χ3v) is 5.51. The molecule has 0 bridgehead atoms. The monoisotopic (exact) mass is 363 g/mol. The predicted octanol–water partition coefficient (Wildman–Crippen LogP) is 4.08. The topological polar surface area (TPSA) is 37.4 Å². The molecule has 1 aliphatic heterocycles. The number of piperidine rings is 1. The second-order valence-corrected chi connectivity index (χ2v) is 7.26. The molecule has 1 fully saturated rings. The average Bonchev–Trinajstić information content (AvgIpc) is 3.15. The fourth-order valence-electron chi connectivity index (χ4n) is 3.14. The summed E-state index contributed by atoms with van der Waals surface area (Å²) in [5.74, 6) is -1.97. The molecule has 0 aliphatic carbocycles. The van der Waals surface area contributed by atoms with Crippen molar-refractivity contribution in [3.63, 3.8) is 0 Å². The van der Waals surface area contributed by atoms with Gasteiger partial charge in [-0.3, -0.25) is 9.59 Å². The van der Waals surface area contributed by atoms with E-state index in [1.54, 1.807) is 16.2 Å². The largest absolute Gasteiger partial charge is 0.343 e. The number of Topliss-reactive ketones (excluding diaryl/α,β-unsaturated/α-hetero) is 1. The fourth-order valence-corrected chi connectivity index (χ4v) is 3.85. The van der Waals surface area contributed by atoms with Crippen LogP contribution in [0.1, 0.15) is 34.5 Å². The molecule has 25 heavy (non-hydrogen) atoms. The minimum Gasteiger partial charge on any atom is -0.343 e. The average molecular weight is 363 g/mol. The van der Waals surface area contributed by atoms with E-state index in [-0.39, 0.29) is 23.2 Å². The second-order valence-electron chi connectivity index (χ2n) is 6.22. The minimum absolute atomic E-state index is 0.0798. The van der Waals surface area contributed by atoms with Crippen molar-refractivity contribution in [3.05, 3.63) is 57.8 Å². The molecule has 2 aromatic rings. The highest BCUT2D eigenvalue weighted by atomic mass is 32.1. The molecule has 3 nitrogen and oxygen atoms in total. The zero-order chi connectivity index (χ0) is 17.8. The third-order valence-electron chi connectivity index (χ3n) is 4.58. The van der Waals surface area contributed by atoms with E-state index in [2.05, 4.69) is 0 Å². The van der Waals surface area contributed by atoms with E-state index in [4.69, 9.17) is 0 Å². The molecule has 0 spiro atoms. The van der Waals surface area contributed by atoms with Crippen LogP contribution in [0, 0.1) is 17.6 Å². The number of halogens is 2. The highest BCUT2D eigenvalue weighted by Crippen LogP contribution is 2.24. The van der Waals surface area contributed by atoms with E-state index in [1.165, 1.54) is 4.88 Å². The minimum atomic E-state index is -0.694. The number of aryl methyl sites for hydroxylation is 1. The molecule has 3 rings (SSSR count). The van der Waals surface area contributed by atoms with Crippen LogP contribution in [0.2, 0.25) is 0 Å². The number of rotatable bonds is 5. The lowest BCUT2D eigenvalue weighted by Crippen LogP contribution is -2.40. The lowest BCUT2D eigenvalue weighted by atomic mass is 9.88. The van der Waals surface area contributed by atoms with Crippen molar-refractivity contribution >= 4 is 23.0 Å². The van der Waals surface area contributed by atoms with Gasteiger partial charge in [-0.15, -0.1) is 11.3 Å². The number of ketones is 1. The normalized spacial score (nSPS) is 15.4. The summed E-state index contributed by atoms with van der Waals surface area (Å²) in [4.78, 5) is 27.6. The molecule has 0 unspecified atom stereocenters. The molecule has 1 aromatic heterocycles. The molecule has 0 atom stereocenters. The number of hydrogen-bond acceptors (Lipinski definition) is 3. The Hall–Kier alpha value is -2.08. The maximum Gasteiger partial charge on any atom is 0.222 e. The van der Waals surface area contributed by atoms with Gasteiger partial charge >= 0.3 is 0 Å². The Morgan fingerprint density at radius 3 is 2.60 bits per heavy atom. The second kappa shape index (κ2) is 7.87. The van der Waals surface area contributed by atoms with E-state index in [9.17, 15) is 18.4 Å². The molecule has 1 aromatic carbocycles. The number of amides is 1. The lowest BCUT2D eigenvalue weighted by Gasteiger charge is -2.31. The van der Waals surface area contributed by atoms with Gasteiger partial charge in [0, 0.05) is 30.3 Å². The van der Waals surface area contributed by atoms with Crippen molar-refractivity contribution in [2.45, 2.75) is 25.7 Å².